The summed E-state index contributed by atoms with van der Waals surface area (Å²) in [6, 6.07) is 0. The molecule has 2 aromatic rings. The number of halogens is 4. The van der Waals surface area contributed by atoms with Gasteiger partial charge in [0.2, 0.25) is 5.82 Å². The Hall–Kier alpha value is -0.889. The number of aromatic nitrogens is 4. The molecule has 0 saturated carbocycles. The summed E-state index contributed by atoms with van der Waals surface area (Å²) in [5, 5.41) is -0.435. The Morgan fingerprint density at radius 3 is 1.70 bits per heavy atom. The van der Waals surface area contributed by atoms with Crippen molar-refractivity contribution in [1.29, 1.82) is 0 Å². The first-order valence-corrected chi connectivity index (χ1v) is 25.2. The lowest BCUT2D eigenvalue weighted by atomic mass is 10.1. The standard InChI is InChI=1S/C30H54BrF3N4O5Si3/c1-27(2,3)44(11,12)40-17-18-20(42-45(13,14)28(4,5)6)21(43-46(15,16)29(7,8)9)24(41-18)38-22-19(35-26(38)31)23(39)37(10)25(36-22)30(32,33)34/h18,20-21,24H,17H2,1-16H3/t18-,20-,21-,24-/m1/s1. The molecule has 0 bridgehead atoms. The van der Waals surface area contributed by atoms with Crippen LogP contribution in [0, 0.1) is 0 Å². The number of ether oxygens (including phenoxy) is 1. The molecule has 0 aromatic carbocycles. The summed E-state index contributed by atoms with van der Waals surface area (Å²) >= 11 is 3.43. The van der Waals surface area contributed by atoms with E-state index in [1.54, 1.807) is 0 Å². The maximum Gasteiger partial charge on any atom is 0.449 e. The van der Waals surface area contributed by atoms with E-state index < -0.39 is 67.1 Å². The Balaban J connectivity index is 2.33. The van der Waals surface area contributed by atoms with E-state index >= 15 is 0 Å². The van der Waals surface area contributed by atoms with E-state index in [1.165, 1.54) is 4.57 Å². The third-order valence-electron chi connectivity index (χ3n) is 10.6. The summed E-state index contributed by atoms with van der Waals surface area (Å²) in [5.41, 5.74) is -1.36. The van der Waals surface area contributed by atoms with Crippen LogP contribution in [0.25, 0.3) is 11.2 Å². The third-order valence-corrected chi connectivity index (χ3v) is 24.6. The maximum absolute atomic E-state index is 14.1. The van der Waals surface area contributed by atoms with Crippen molar-refractivity contribution >= 4 is 52.0 Å². The smallest absolute Gasteiger partial charge is 0.414 e. The van der Waals surface area contributed by atoms with E-state index in [0.717, 1.165) is 7.05 Å². The van der Waals surface area contributed by atoms with Gasteiger partial charge in [-0.3, -0.25) is 13.9 Å². The van der Waals surface area contributed by atoms with Gasteiger partial charge in [-0.1, -0.05) is 62.3 Å². The molecule has 264 valence electrons. The predicted octanol–water partition coefficient (Wildman–Crippen LogP) is 8.61. The highest BCUT2D eigenvalue weighted by Gasteiger charge is 2.55. The van der Waals surface area contributed by atoms with Crippen molar-refractivity contribution in [3.63, 3.8) is 0 Å². The highest BCUT2D eigenvalue weighted by atomic mass is 79.9. The van der Waals surface area contributed by atoms with Crippen LogP contribution in [0.2, 0.25) is 54.4 Å². The molecule has 1 fully saturated rings. The first-order chi connectivity index (χ1) is 20.3. The molecule has 1 aliphatic rings. The Labute approximate surface area is 283 Å². The molecule has 16 heteroatoms. The van der Waals surface area contributed by atoms with Gasteiger partial charge in [0.05, 0.1) is 6.61 Å². The van der Waals surface area contributed by atoms with Gasteiger partial charge in [-0.15, -0.1) is 0 Å². The first-order valence-electron chi connectivity index (χ1n) is 15.7. The largest absolute Gasteiger partial charge is 0.449 e. The normalized spacial score (nSPS) is 22.7. The Kier molecular flexibility index (Phi) is 10.7. The van der Waals surface area contributed by atoms with Crippen molar-refractivity contribution in [2.45, 2.75) is 147 Å². The van der Waals surface area contributed by atoms with E-state index in [1.807, 2.05) is 0 Å². The molecule has 4 atom stereocenters. The van der Waals surface area contributed by atoms with E-state index in [9.17, 15) is 18.0 Å². The van der Waals surface area contributed by atoms with Crippen LogP contribution in [0.3, 0.4) is 0 Å². The highest BCUT2D eigenvalue weighted by molar-refractivity contribution is 9.10. The average Bonchev–Trinajstić information content (AvgIpc) is 3.33. The number of alkyl halides is 3. The predicted molar refractivity (Wildman–Crippen MR) is 187 cm³/mol. The second-order valence-electron chi connectivity index (χ2n) is 17.0. The minimum atomic E-state index is -4.87. The Morgan fingerprint density at radius 2 is 1.26 bits per heavy atom. The second kappa shape index (κ2) is 12.5. The molecule has 0 aliphatic carbocycles. The molecule has 0 unspecified atom stereocenters. The van der Waals surface area contributed by atoms with Crippen LogP contribution in [0.1, 0.15) is 74.4 Å². The average molecular weight is 772 g/mol. The minimum absolute atomic E-state index is 0.0701. The van der Waals surface area contributed by atoms with Crippen LogP contribution in [-0.2, 0) is 31.2 Å². The van der Waals surface area contributed by atoms with Crippen molar-refractivity contribution < 1.29 is 31.2 Å². The topological polar surface area (TPSA) is 89.6 Å². The third kappa shape index (κ3) is 7.63. The molecule has 1 aliphatic heterocycles. The van der Waals surface area contributed by atoms with Crippen LogP contribution in [0.15, 0.2) is 9.53 Å². The molecule has 0 N–H and O–H groups in total. The van der Waals surface area contributed by atoms with Crippen molar-refractivity contribution in [2.24, 2.45) is 7.05 Å². The fourth-order valence-electron chi connectivity index (χ4n) is 4.42. The van der Waals surface area contributed by atoms with Crippen molar-refractivity contribution in [2.75, 3.05) is 6.61 Å². The van der Waals surface area contributed by atoms with Gasteiger partial charge in [0.15, 0.2) is 47.1 Å². The lowest BCUT2D eigenvalue weighted by Crippen LogP contribution is -2.54. The van der Waals surface area contributed by atoms with Gasteiger partial charge in [-0.25, -0.2) is 9.97 Å². The number of rotatable bonds is 8. The van der Waals surface area contributed by atoms with Crippen LogP contribution < -0.4 is 5.56 Å². The summed E-state index contributed by atoms with van der Waals surface area (Å²) in [4.78, 5) is 21.5. The molecular formula is C30H54BrF3N4O5Si3. The number of fused-ring (bicyclic) bond motifs is 1. The van der Waals surface area contributed by atoms with Gasteiger partial charge < -0.3 is 18.0 Å². The number of hydrogen-bond donors (Lipinski definition) is 0. The summed E-state index contributed by atoms with van der Waals surface area (Å²) in [6.07, 6.45) is -7.90. The van der Waals surface area contributed by atoms with Crippen LogP contribution in [0.5, 0.6) is 0 Å². The molecule has 0 radical (unpaired) electrons. The molecular weight excluding hydrogens is 718 g/mol. The maximum atomic E-state index is 14.1. The lowest BCUT2D eigenvalue weighted by molar-refractivity contribution is -0.147. The summed E-state index contributed by atoms with van der Waals surface area (Å²) in [6.45, 7) is 32.3. The SMILES string of the molecule is Cn1c(C(F)(F)F)nc2c(nc(Br)n2[C@@H]2O[C@H](CO[Si](C)(C)C(C)(C)C)[C@@H](O[Si](C)(C)C(C)(C)C)[C@H]2O[Si](C)(C)C(C)(C)C)c1=O. The lowest BCUT2D eigenvalue weighted by Gasteiger charge is -2.44. The molecule has 1 saturated heterocycles. The Morgan fingerprint density at radius 1 is 0.804 bits per heavy atom. The molecule has 9 nitrogen and oxygen atoms in total. The Bertz CT molecular complexity index is 1490. The van der Waals surface area contributed by atoms with Crippen molar-refractivity contribution in [1.82, 2.24) is 19.1 Å². The van der Waals surface area contributed by atoms with Crippen LogP contribution in [0.4, 0.5) is 13.2 Å². The minimum Gasteiger partial charge on any atom is -0.414 e. The fourth-order valence-corrected chi connectivity index (χ4v) is 8.58. The number of hydrogen-bond acceptors (Lipinski definition) is 7. The molecule has 46 heavy (non-hydrogen) atoms. The zero-order valence-electron chi connectivity index (χ0n) is 30.4. The van der Waals surface area contributed by atoms with Gasteiger partial charge in [0.25, 0.3) is 5.56 Å². The van der Waals surface area contributed by atoms with E-state index in [-0.39, 0.29) is 37.6 Å². The number of imidazole rings is 1. The molecule has 2 aromatic heterocycles. The molecule has 3 heterocycles. The zero-order chi connectivity index (χ0) is 35.8. The van der Waals surface area contributed by atoms with E-state index in [0.29, 0.717) is 4.57 Å². The zero-order valence-corrected chi connectivity index (χ0v) is 34.9. The van der Waals surface area contributed by atoms with Crippen molar-refractivity contribution in [3.05, 3.63) is 20.9 Å². The second-order valence-corrected chi connectivity index (χ2v) is 32.1. The highest BCUT2D eigenvalue weighted by Crippen LogP contribution is 2.47. The van der Waals surface area contributed by atoms with Gasteiger partial charge in [0, 0.05) is 7.05 Å². The van der Waals surface area contributed by atoms with Gasteiger partial charge in [-0.05, 0) is 70.3 Å². The van der Waals surface area contributed by atoms with Gasteiger partial charge >= 0.3 is 6.18 Å². The van der Waals surface area contributed by atoms with E-state index in [4.69, 9.17) is 18.0 Å². The van der Waals surface area contributed by atoms with E-state index in [2.05, 4.69) is 127 Å². The summed E-state index contributed by atoms with van der Waals surface area (Å²) in [5.74, 6) is -1.33. The van der Waals surface area contributed by atoms with Crippen LogP contribution >= 0.6 is 15.9 Å². The van der Waals surface area contributed by atoms with Crippen molar-refractivity contribution in [3.8, 4) is 0 Å². The quantitative estimate of drug-likeness (QED) is 0.196. The first kappa shape index (κ1) is 39.5. The van der Waals surface area contributed by atoms with Gasteiger partial charge in [-0.2, -0.15) is 13.2 Å². The molecule has 3 rings (SSSR count). The molecule has 0 spiro atoms. The summed E-state index contributed by atoms with van der Waals surface area (Å²) in [7, 11) is -6.21. The molecule has 0 amide bonds. The van der Waals surface area contributed by atoms with Gasteiger partial charge in [0.1, 0.15) is 18.3 Å². The monoisotopic (exact) mass is 770 g/mol. The fraction of sp³-hybridized carbons (Fsp3) is 0.833. The van der Waals surface area contributed by atoms with Crippen LogP contribution in [-0.4, -0.2) is 69.0 Å². The summed E-state index contributed by atoms with van der Waals surface area (Å²) < 4.78 is 72.0. The number of nitrogens with zero attached hydrogens (tertiary/aromatic N) is 4.